The molecular weight excluding hydrogens is 368 g/mol. The molecule has 0 aromatic heterocycles. The Morgan fingerprint density at radius 2 is 1.89 bits per heavy atom. The summed E-state index contributed by atoms with van der Waals surface area (Å²) < 4.78 is 5.83. The van der Waals surface area contributed by atoms with Gasteiger partial charge in [0, 0.05) is 16.7 Å². The van der Waals surface area contributed by atoms with Gasteiger partial charge in [0.15, 0.2) is 6.61 Å². The van der Waals surface area contributed by atoms with E-state index < -0.39 is 0 Å². The monoisotopic (exact) mass is 396 g/mol. The topological polar surface area (TPSA) is 32.8 Å². The van der Waals surface area contributed by atoms with Crippen molar-refractivity contribution < 1.29 is 9.53 Å². The lowest BCUT2D eigenvalue weighted by molar-refractivity contribution is -0.122. The summed E-state index contributed by atoms with van der Waals surface area (Å²) in [5.74, 6) is 1.84. The lowest BCUT2D eigenvalue weighted by Gasteiger charge is -2.44. The first-order chi connectivity index (χ1) is 13.6. The maximum absolute atomic E-state index is 12.8. The summed E-state index contributed by atoms with van der Waals surface area (Å²) in [7, 11) is 4.25. The van der Waals surface area contributed by atoms with Crippen LogP contribution in [0.4, 0.5) is 5.69 Å². The first-order valence-corrected chi connectivity index (χ1v) is 11.0. The fourth-order valence-electron chi connectivity index (χ4n) is 4.34. The Kier molecular flexibility index (Phi) is 5.93. The van der Waals surface area contributed by atoms with Crippen molar-refractivity contribution in [3.05, 3.63) is 54.1 Å². The number of benzene rings is 2. The molecule has 0 spiro atoms. The Morgan fingerprint density at radius 3 is 2.68 bits per heavy atom. The second kappa shape index (κ2) is 8.58. The molecule has 28 heavy (non-hydrogen) atoms. The molecular formula is C23H28N2O2S. The van der Waals surface area contributed by atoms with E-state index in [4.69, 9.17) is 4.74 Å². The third-order valence-electron chi connectivity index (χ3n) is 5.75. The quantitative estimate of drug-likeness (QED) is 0.693. The Balaban J connectivity index is 1.56. The van der Waals surface area contributed by atoms with Gasteiger partial charge < -0.3 is 14.5 Å². The van der Waals surface area contributed by atoms with E-state index in [1.165, 1.54) is 23.3 Å². The molecule has 0 unspecified atom stereocenters. The fourth-order valence-corrected chi connectivity index (χ4v) is 5.22. The van der Waals surface area contributed by atoms with Gasteiger partial charge in [0.25, 0.3) is 5.91 Å². The van der Waals surface area contributed by atoms with Gasteiger partial charge in [0.05, 0.1) is 11.7 Å². The highest BCUT2D eigenvalue weighted by molar-refractivity contribution is 7.98. The summed E-state index contributed by atoms with van der Waals surface area (Å²) in [4.78, 5) is 18.3. The van der Waals surface area contributed by atoms with Crippen molar-refractivity contribution in [1.82, 2.24) is 4.90 Å². The fraction of sp³-hybridized carbons (Fsp3) is 0.435. The molecule has 2 aliphatic rings. The largest absolute Gasteiger partial charge is 0.482 e. The van der Waals surface area contributed by atoms with Gasteiger partial charge in [-0.3, -0.25) is 4.79 Å². The van der Waals surface area contributed by atoms with Crippen LogP contribution in [-0.4, -0.2) is 43.6 Å². The van der Waals surface area contributed by atoms with Crippen molar-refractivity contribution in [2.24, 2.45) is 0 Å². The van der Waals surface area contributed by atoms with Crippen molar-refractivity contribution in [3.63, 3.8) is 0 Å². The molecule has 1 heterocycles. The highest BCUT2D eigenvalue weighted by Crippen LogP contribution is 2.40. The highest BCUT2D eigenvalue weighted by atomic mass is 32.2. The Morgan fingerprint density at radius 1 is 1.11 bits per heavy atom. The van der Waals surface area contributed by atoms with Gasteiger partial charge in [0.2, 0.25) is 0 Å². The lowest BCUT2D eigenvalue weighted by Crippen LogP contribution is -2.55. The molecule has 148 valence electrons. The van der Waals surface area contributed by atoms with E-state index in [0.717, 1.165) is 30.0 Å². The number of likely N-dealkylation sites (N-methyl/N-ethyl adjacent to an activating group) is 1. The Hall–Kier alpha value is -1.98. The molecule has 2 aromatic rings. The minimum absolute atomic E-state index is 0.0796. The van der Waals surface area contributed by atoms with Gasteiger partial charge in [-0.25, -0.2) is 0 Å². The summed E-state index contributed by atoms with van der Waals surface area (Å²) in [6.45, 7) is 0.135. The van der Waals surface area contributed by atoms with Crippen LogP contribution in [0.15, 0.2) is 53.4 Å². The van der Waals surface area contributed by atoms with Crippen molar-refractivity contribution >= 4 is 23.4 Å². The normalized spacial score (nSPS) is 22.1. The molecule has 0 bridgehead atoms. The van der Waals surface area contributed by atoms with E-state index in [1.807, 2.05) is 11.0 Å². The second-order valence-corrected chi connectivity index (χ2v) is 8.89. The van der Waals surface area contributed by atoms with Crippen LogP contribution in [0.25, 0.3) is 0 Å². The summed E-state index contributed by atoms with van der Waals surface area (Å²) in [6, 6.07) is 17.4. The molecule has 0 radical (unpaired) electrons. The number of fused-ring (bicyclic) bond motifs is 1. The number of rotatable bonds is 5. The van der Waals surface area contributed by atoms with E-state index in [2.05, 4.69) is 61.5 Å². The van der Waals surface area contributed by atoms with Crippen LogP contribution in [0.1, 0.15) is 31.2 Å². The number of anilines is 1. The van der Waals surface area contributed by atoms with Crippen LogP contribution in [0, 0.1) is 0 Å². The molecule has 1 fully saturated rings. The standard InChI is InChI=1S/C23H28N2O2S/c1-24(2)19-10-6-7-11-20(19)25-21-13-12-18(14-22(21)27-15-23(25)26)28-16-17-8-4-3-5-9-17/h3-5,8-9,12-14,19-20H,6-7,10-11,15-16H2,1-2H3/t19-,20-/m0/s1. The molecule has 1 aliphatic heterocycles. The predicted molar refractivity (Wildman–Crippen MR) is 115 cm³/mol. The third-order valence-corrected chi connectivity index (χ3v) is 6.81. The van der Waals surface area contributed by atoms with Crippen LogP contribution < -0.4 is 9.64 Å². The van der Waals surface area contributed by atoms with E-state index in [1.54, 1.807) is 11.8 Å². The first kappa shape index (κ1) is 19.3. The summed E-state index contributed by atoms with van der Waals surface area (Å²) in [5, 5.41) is 0. The predicted octanol–water partition coefficient (Wildman–Crippen LogP) is 4.58. The maximum Gasteiger partial charge on any atom is 0.265 e. The van der Waals surface area contributed by atoms with E-state index >= 15 is 0 Å². The van der Waals surface area contributed by atoms with Crippen molar-refractivity contribution in [1.29, 1.82) is 0 Å². The molecule has 1 aliphatic carbocycles. The van der Waals surface area contributed by atoms with Crippen LogP contribution in [-0.2, 0) is 10.5 Å². The van der Waals surface area contributed by atoms with Gasteiger partial charge in [-0.15, -0.1) is 11.8 Å². The maximum atomic E-state index is 12.8. The van der Waals surface area contributed by atoms with Gasteiger partial charge in [-0.05, 0) is 50.7 Å². The number of ether oxygens (including phenoxy) is 1. The average Bonchev–Trinajstić information content (AvgIpc) is 2.73. The molecule has 1 saturated carbocycles. The molecule has 2 aromatic carbocycles. The highest BCUT2D eigenvalue weighted by Gasteiger charge is 2.38. The van der Waals surface area contributed by atoms with Crippen molar-refractivity contribution in [2.75, 3.05) is 25.6 Å². The zero-order chi connectivity index (χ0) is 19.5. The van der Waals surface area contributed by atoms with Crippen LogP contribution in [0.2, 0.25) is 0 Å². The molecule has 2 atom stereocenters. The minimum atomic E-state index is 0.0796. The lowest BCUT2D eigenvalue weighted by atomic mass is 9.87. The number of hydrogen-bond acceptors (Lipinski definition) is 4. The van der Waals surface area contributed by atoms with E-state index in [-0.39, 0.29) is 18.6 Å². The van der Waals surface area contributed by atoms with E-state index in [0.29, 0.717) is 6.04 Å². The first-order valence-electron chi connectivity index (χ1n) is 10.1. The zero-order valence-electron chi connectivity index (χ0n) is 16.6. The molecule has 0 N–H and O–H groups in total. The number of carbonyl (C=O) groups excluding carboxylic acids is 1. The number of thioether (sulfide) groups is 1. The number of hydrogen-bond donors (Lipinski definition) is 0. The zero-order valence-corrected chi connectivity index (χ0v) is 17.5. The summed E-state index contributed by atoms with van der Waals surface area (Å²) >= 11 is 1.80. The molecule has 4 rings (SSSR count). The number of carbonyl (C=O) groups is 1. The van der Waals surface area contributed by atoms with Gasteiger partial charge in [-0.1, -0.05) is 43.2 Å². The molecule has 0 saturated heterocycles. The van der Waals surface area contributed by atoms with Crippen LogP contribution in [0.5, 0.6) is 5.75 Å². The Labute approximate surface area is 171 Å². The average molecular weight is 397 g/mol. The molecule has 1 amide bonds. The number of amides is 1. The van der Waals surface area contributed by atoms with Crippen molar-refractivity contribution in [3.8, 4) is 5.75 Å². The van der Waals surface area contributed by atoms with Gasteiger partial charge >= 0.3 is 0 Å². The Bertz CT molecular complexity index is 825. The van der Waals surface area contributed by atoms with Crippen LogP contribution >= 0.6 is 11.8 Å². The third kappa shape index (κ3) is 4.06. The van der Waals surface area contributed by atoms with E-state index in [9.17, 15) is 4.79 Å². The van der Waals surface area contributed by atoms with Crippen LogP contribution in [0.3, 0.4) is 0 Å². The summed E-state index contributed by atoms with van der Waals surface area (Å²) in [6.07, 6.45) is 4.61. The molecule has 4 nitrogen and oxygen atoms in total. The van der Waals surface area contributed by atoms with Gasteiger partial charge in [-0.2, -0.15) is 0 Å². The second-order valence-electron chi connectivity index (χ2n) is 7.84. The van der Waals surface area contributed by atoms with Gasteiger partial charge in [0.1, 0.15) is 5.75 Å². The number of nitrogens with zero attached hydrogens (tertiary/aromatic N) is 2. The summed E-state index contributed by atoms with van der Waals surface area (Å²) in [5.41, 5.74) is 2.23. The van der Waals surface area contributed by atoms with Crippen molar-refractivity contribution in [2.45, 2.75) is 48.4 Å². The smallest absolute Gasteiger partial charge is 0.265 e. The minimum Gasteiger partial charge on any atom is -0.482 e. The SMILES string of the molecule is CN(C)[C@H]1CCCC[C@@H]1N1C(=O)COc2cc(SCc3ccccc3)ccc21. The molecule has 5 heteroatoms.